The van der Waals surface area contributed by atoms with E-state index in [1.54, 1.807) is 0 Å². The van der Waals surface area contributed by atoms with Crippen LogP contribution in [-0.2, 0) is 12.8 Å². The van der Waals surface area contributed by atoms with Crippen LogP contribution in [-0.4, -0.2) is 6.79 Å². The Hall–Kier alpha value is -1.96. The molecule has 2 heteroatoms. The average molecular weight is 253 g/mol. The quantitative estimate of drug-likeness (QED) is 0.755. The van der Waals surface area contributed by atoms with Gasteiger partial charge in [0.25, 0.3) is 0 Å². The summed E-state index contributed by atoms with van der Waals surface area (Å²) in [4.78, 5) is 0. The van der Waals surface area contributed by atoms with E-state index in [1.807, 2.05) is 12.1 Å². The zero-order valence-corrected chi connectivity index (χ0v) is 10.9. The number of ether oxygens (including phenoxy) is 2. The van der Waals surface area contributed by atoms with Crippen LogP contribution in [0.15, 0.2) is 42.5 Å². The second kappa shape index (κ2) is 5.79. The van der Waals surface area contributed by atoms with Gasteiger partial charge in [-0.3, -0.25) is 0 Å². The van der Waals surface area contributed by atoms with Crippen LogP contribution in [0.2, 0.25) is 0 Å². The summed E-state index contributed by atoms with van der Waals surface area (Å²) in [5, 5.41) is 0. The van der Waals surface area contributed by atoms with Crippen LogP contribution < -0.4 is 9.47 Å². The van der Waals surface area contributed by atoms with E-state index in [2.05, 4.69) is 36.4 Å². The van der Waals surface area contributed by atoms with E-state index in [0.29, 0.717) is 6.79 Å². The molecule has 0 spiro atoms. The molecule has 0 bridgehead atoms. The van der Waals surface area contributed by atoms with Gasteiger partial charge in [0, 0.05) is 5.56 Å². The molecule has 0 saturated carbocycles. The van der Waals surface area contributed by atoms with Gasteiger partial charge in [-0.05, 0) is 43.4 Å². The number of hydrogen-bond donors (Lipinski definition) is 0. The van der Waals surface area contributed by atoms with Crippen molar-refractivity contribution in [2.24, 2.45) is 0 Å². The van der Waals surface area contributed by atoms with Gasteiger partial charge in [0.1, 0.15) is 0 Å². The number of aryl methyl sites for hydroxylation is 2. The molecule has 0 amide bonds. The molecule has 97 valence electrons. The molecular weight excluding hydrogens is 236 g/mol. The van der Waals surface area contributed by atoms with Crippen molar-refractivity contribution in [2.45, 2.75) is 25.7 Å². The third-order valence-corrected chi connectivity index (χ3v) is 3.39. The van der Waals surface area contributed by atoms with E-state index >= 15 is 0 Å². The SMILES string of the molecule is [c]1ccc2c(c1CCCCc1ccccc1)OCO2. The van der Waals surface area contributed by atoms with Gasteiger partial charge in [0.05, 0.1) is 0 Å². The summed E-state index contributed by atoms with van der Waals surface area (Å²) in [7, 11) is 0. The molecule has 1 aliphatic heterocycles. The predicted molar refractivity (Wildman–Crippen MR) is 74.5 cm³/mol. The second-order valence-electron chi connectivity index (χ2n) is 4.75. The Labute approximate surface area is 114 Å². The molecule has 0 aliphatic carbocycles. The van der Waals surface area contributed by atoms with Gasteiger partial charge in [-0.15, -0.1) is 0 Å². The van der Waals surface area contributed by atoms with Crippen molar-refractivity contribution in [3.8, 4) is 11.5 Å². The van der Waals surface area contributed by atoms with Crippen molar-refractivity contribution >= 4 is 0 Å². The number of fused-ring (bicyclic) bond motifs is 1. The van der Waals surface area contributed by atoms with Gasteiger partial charge in [-0.25, -0.2) is 0 Å². The van der Waals surface area contributed by atoms with E-state index in [9.17, 15) is 0 Å². The Bertz CT molecular complexity index is 534. The lowest BCUT2D eigenvalue weighted by atomic mass is 10.0. The van der Waals surface area contributed by atoms with Crippen LogP contribution >= 0.6 is 0 Å². The summed E-state index contributed by atoms with van der Waals surface area (Å²) < 4.78 is 10.9. The second-order valence-corrected chi connectivity index (χ2v) is 4.75. The van der Waals surface area contributed by atoms with Crippen molar-refractivity contribution < 1.29 is 9.47 Å². The number of rotatable bonds is 5. The fraction of sp³-hybridized carbons (Fsp3) is 0.294. The van der Waals surface area contributed by atoms with Gasteiger partial charge in [0.15, 0.2) is 11.5 Å². The van der Waals surface area contributed by atoms with Gasteiger partial charge >= 0.3 is 0 Å². The summed E-state index contributed by atoms with van der Waals surface area (Å²) in [6.07, 6.45) is 4.46. The largest absolute Gasteiger partial charge is 0.454 e. The minimum Gasteiger partial charge on any atom is -0.454 e. The minimum absolute atomic E-state index is 0.338. The van der Waals surface area contributed by atoms with Crippen molar-refractivity contribution in [1.29, 1.82) is 0 Å². The first-order valence-corrected chi connectivity index (χ1v) is 6.76. The Morgan fingerprint density at radius 3 is 2.68 bits per heavy atom. The zero-order chi connectivity index (χ0) is 12.9. The lowest BCUT2D eigenvalue weighted by Gasteiger charge is -2.05. The highest BCUT2D eigenvalue weighted by atomic mass is 16.7. The zero-order valence-electron chi connectivity index (χ0n) is 10.9. The van der Waals surface area contributed by atoms with Crippen LogP contribution in [0.5, 0.6) is 11.5 Å². The lowest BCUT2D eigenvalue weighted by Crippen LogP contribution is -1.95. The Morgan fingerprint density at radius 1 is 0.947 bits per heavy atom. The third-order valence-electron chi connectivity index (χ3n) is 3.39. The highest BCUT2D eigenvalue weighted by molar-refractivity contribution is 5.47. The standard InChI is InChI=1S/C17H17O2/c1-2-7-14(8-3-1)9-4-5-10-15-11-6-12-16-17(15)19-13-18-16/h1-3,6-8,12H,4-5,9-10,13H2. The van der Waals surface area contributed by atoms with Crippen LogP contribution in [0.3, 0.4) is 0 Å². The smallest absolute Gasteiger partial charge is 0.231 e. The highest BCUT2D eigenvalue weighted by Gasteiger charge is 2.16. The fourth-order valence-electron chi connectivity index (χ4n) is 2.39. The maximum Gasteiger partial charge on any atom is 0.231 e. The Kier molecular flexibility index (Phi) is 3.68. The van der Waals surface area contributed by atoms with Gasteiger partial charge in [-0.1, -0.05) is 36.4 Å². The summed E-state index contributed by atoms with van der Waals surface area (Å²) >= 11 is 0. The molecule has 2 nitrogen and oxygen atoms in total. The molecule has 1 heterocycles. The molecular formula is C17H17O2. The van der Waals surface area contributed by atoms with Crippen LogP contribution in [0.1, 0.15) is 24.0 Å². The molecule has 0 fully saturated rings. The summed E-state index contributed by atoms with van der Waals surface area (Å²) in [6, 6.07) is 17.7. The first kappa shape index (κ1) is 12.1. The molecule has 19 heavy (non-hydrogen) atoms. The van der Waals surface area contributed by atoms with Crippen LogP contribution in [0.25, 0.3) is 0 Å². The molecule has 0 saturated heterocycles. The molecule has 1 radical (unpaired) electrons. The van der Waals surface area contributed by atoms with Gasteiger partial charge < -0.3 is 9.47 Å². The van der Waals surface area contributed by atoms with Crippen molar-refractivity contribution in [3.63, 3.8) is 0 Å². The Balaban J connectivity index is 1.52. The number of hydrogen-bond acceptors (Lipinski definition) is 2. The van der Waals surface area contributed by atoms with Gasteiger partial charge in [0.2, 0.25) is 6.79 Å². The van der Waals surface area contributed by atoms with E-state index < -0.39 is 0 Å². The highest BCUT2D eigenvalue weighted by Crippen LogP contribution is 2.35. The molecule has 0 unspecified atom stereocenters. The summed E-state index contributed by atoms with van der Waals surface area (Å²) in [6.45, 7) is 0.338. The maximum atomic E-state index is 5.49. The maximum absolute atomic E-state index is 5.49. The monoisotopic (exact) mass is 253 g/mol. The predicted octanol–water partition coefficient (Wildman–Crippen LogP) is 3.78. The minimum atomic E-state index is 0.338. The van der Waals surface area contributed by atoms with Crippen molar-refractivity contribution in [3.05, 3.63) is 59.7 Å². The molecule has 3 rings (SSSR count). The molecule has 1 aliphatic rings. The molecule has 0 atom stereocenters. The topological polar surface area (TPSA) is 18.5 Å². The van der Waals surface area contributed by atoms with Crippen LogP contribution in [0.4, 0.5) is 0 Å². The average Bonchev–Trinajstić information content (AvgIpc) is 2.94. The summed E-state index contributed by atoms with van der Waals surface area (Å²) in [5.41, 5.74) is 2.55. The van der Waals surface area contributed by atoms with E-state index in [1.165, 1.54) is 12.0 Å². The first-order valence-electron chi connectivity index (χ1n) is 6.76. The van der Waals surface area contributed by atoms with Crippen LogP contribution in [0, 0.1) is 6.07 Å². The molecule has 0 aromatic heterocycles. The summed E-state index contributed by atoms with van der Waals surface area (Å²) in [5.74, 6) is 1.75. The van der Waals surface area contributed by atoms with E-state index in [4.69, 9.17) is 9.47 Å². The van der Waals surface area contributed by atoms with E-state index in [0.717, 1.165) is 36.3 Å². The normalized spacial score (nSPS) is 12.6. The molecule has 2 aromatic carbocycles. The van der Waals surface area contributed by atoms with Crippen molar-refractivity contribution in [2.75, 3.05) is 6.79 Å². The van der Waals surface area contributed by atoms with Crippen molar-refractivity contribution in [1.82, 2.24) is 0 Å². The first-order chi connectivity index (χ1) is 9.43. The number of unbranched alkanes of at least 4 members (excludes halogenated alkanes) is 1. The molecule has 2 aromatic rings. The van der Waals surface area contributed by atoms with E-state index in [-0.39, 0.29) is 0 Å². The third kappa shape index (κ3) is 2.90. The Morgan fingerprint density at radius 2 is 1.79 bits per heavy atom. The molecule has 0 N–H and O–H groups in total. The lowest BCUT2D eigenvalue weighted by molar-refractivity contribution is 0.173. The van der Waals surface area contributed by atoms with Gasteiger partial charge in [-0.2, -0.15) is 0 Å². The fourth-order valence-corrected chi connectivity index (χ4v) is 2.39. The number of benzene rings is 2.